The molecular formula is C24H26N4O2. The molecule has 3 heterocycles. The molecule has 30 heavy (non-hydrogen) atoms. The normalized spacial score (nSPS) is 13.1. The van der Waals surface area contributed by atoms with Crippen molar-refractivity contribution in [3.63, 3.8) is 0 Å². The molecule has 0 saturated heterocycles. The standard InChI is InChI=1S/C24H26N4O2/c1-15-22(17(3)29)16(2)27-23(15)24(30)26-13-18-8-9-21(25-12-18)28-11-10-19-6-4-5-7-20(19)14-28/h4-9,12,27H,10-11,13-14H2,1-3H3,(H,26,30). The SMILES string of the molecule is CC(=O)c1c(C)[nH]c(C(=O)NCc2ccc(N3CCc4ccccc4C3)nc2)c1C. The minimum absolute atomic E-state index is 0.0413. The van der Waals surface area contributed by atoms with Crippen molar-refractivity contribution < 1.29 is 9.59 Å². The Hall–Kier alpha value is -3.41. The molecule has 1 aliphatic rings. The van der Waals surface area contributed by atoms with Crippen molar-refractivity contribution in [1.82, 2.24) is 15.3 Å². The Kier molecular flexibility index (Phi) is 5.40. The minimum atomic E-state index is -0.222. The Balaban J connectivity index is 1.39. The third-order valence-corrected chi connectivity index (χ3v) is 5.73. The van der Waals surface area contributed by atoms with Gasteiger partial charge in [-0.05, 0) is 55.5 Å². The minimum Gasteiger partial charge on any atom is -0.354 e. The average molecular weight is 402 g/mol. The Bertz CT molecular complexity index is 1100. The maximum absolute atomic E-state index is 12.6. The second-order valence-electron chi connectivity index (χ2n) is 7.83. The number of carbonyl (C=O) groups excluding carboxylic acids is 2. The van der Waals surface area contributed by atoms with Crippen LogP contribution in [0.4, 0.5) is 5.82 Å². The summed E-state index contributed by atoms with van der Waals surface area (Å²) in [5.74, 6) is 0.682. The molecule has 0 atom stereocenters. The van der Waals surface area contributed by atoms with Crippen LogP contribution in [0.2, 0.25) is 0 Å². The molecule has 154 valence electrons. The van der Waals surface area contributed by atoms with Crippen molar-refractivity contribution in [2.45, 2.75) is 40.3 Å². The van der Waals surface area contributed by atoms with E-state index in [0.29, 0.717) is 23.4 Å². The fraction of sp³-hybridized carbons (Fsp3) is 0.292. The lowest BCUT2D eigenvalue weighted by Crippen LogP contribution is -2.31. The van der Waals surface area contributed by atoms with Crippen molar-refractivity contribution in [1.29, 1.82) is 0 Å². The van der Waals surface area contributed by atoms with Crippen LogP contribution in [0.1, 0.15) is 55.7 Å². The second-order valence-corrected chi connectivity index (χ2v) is 7.83. The molecule has 6 nitrogen and oxygen atoms in total. The summed E-state index contributed by atoms with van der Waals surface area (Å²) in [7, 11) is 0. The van der Waals surface area contributed by atoms with E-state index in [1.807, 2.05) is 25.3 Å². The molecule has 0 unspecified atom stereocenters. The van der Waals surface area contributed by atoms with E-state index in [4.69, 9.17) is 0 Å². The predicted molar refractivity (Wildman–Crippen MR) is 117 cm³/mol. The maximum atomic E-state index is 12.6. The van der Waals surface area contributed by atoms with E-state index in [1.54, 1.807) is 6.92 Å². The van der Waals surface area contributed by atoms with Crippen LogP contribution < -0.4 is 10.2 Å². The van der Waals surface area contributed by atoms with Gasteiger partial charge in [-0.3, -0.25) is 9.59 Å². The van der Waals surface area contributed by atoms with Gasteiger partial charge in [0.05, 0.1) is 0 Å². The number of H-pyrrole nitrogens is 1. The van der Waals surface area contributed by atoms with Crippen LogP contribution >= 0.6 is 0 Å². The van der Waals surface area contributed by atoms with E-state index >= 15 is 0 Å². The van der Waals surface area contributed by atoms with Gasteiger partial charge < -0.3 is 15.2 Å². The number of anilines is 1. The summed E-state index contributed by atoms with van der Waals surface area (Å²) >= 11 is 0. The van der Waals surface area contributed by atoms with E-state index in [0.717, 1.165) is 36.6 Å². The summed E-state index contributed by atoms with van der Waals surface area (Å²) in [5, 5.41) is 2.91. The van der Waals surface area contributed by atoms with Gasteiger partial charge in [-0.1, -0.05) is 30.3 Å². The third-order valence-electron chi connectivity index (χ3n) is 5.73. The van der Waals surface area contributed by atoms with Gasteiger partial charge in [0.2, 0.25) is 0 Å². The topological polar surface area (TPSA) is 78.1 Å². The zero-order valence-corrected chi connectivity index (χ0v) is 17.6. The number of aromatic nitrogens is 2. The number of ketones is 1. The summed E-state index contributed by atoms with van der Waals surface area (Å²) in [6.45, 7) is 7.30. The predicted octanol–water partition coefficient (Wildman–Crippen LogP) is 3.72. The van der Waals surface area contributed by atoms with Gasteiger partial charge in [-0.25, -0.2) is 4.98 Å². The molecule has 2 N–H and O–H groups in total. The summed E-state index contributed by atoms with van der Waals surface area (Å²) in [6.07, 6.45) is 2.83. The van der Waals surface area contributed by atoms with E-state index in [9.17, 15) is 9.59 Å². The van der Waals surface area contributed by atoms with E-state index in [1.165, 1.54) is 18.1 Å². The van der Waals surface area contributed by atoms with Gasteiger partial charge in [0.15, 0.2) is 5.78 Å². The number of benzene rings is 1. The van der Waals surface area contributed by atoms with Gasteiger partial charge in [0, 0.05) is 37.1 Å². The number of aryl methyl sites for hydroxylation is 1. The monoisotopic (exact) mass is 402 g/mol. The number of fused-ring (bicyclic) bond motifs is 1. The number of Topliss-reactive ketones (excluding diaryl/α,β-unsaturated/α-hetero) is 1. The van der Waals surface area contributed by atoms with E-state index < -0.39 is 0 Å². The zero-order chi connectivity index (χ0) is 21.3. The van der Waals surface area contributed by atoms with E-state index in [2.05, 4.69) is 44.5 Å². The zero-order valence-electron chi connectivity index (χ0n) is 17.6. The fourth-order valence-corrected chi connectivity index (χ4v) is 4.18. The van der Waals surface area contributed by atoms with Crippen LogP contribution in [0.3, 0.4) is 0 Å². The highest BCUT2D eigenvalue weighted by molar-refractivity contribution is 6.02. The first kappa shape index (κ1) is 19.9. The van der Waals surface area contributed by atoms with Crippen LogP contribution in [-0.4, -0.2) is 28.2 Å². The summed E-state index contributed by atoms with van der Waals surface area (Å²) in [4.78, 5) is 34.3. The number of aromatic amines is 1. The number of nitrogens with one attached hydrogen (secondary N) is 2. The number of amides is 1. The third kappa shape index (κ3) is 3.85. The quantitative estimate of drug-likeness (QED) is 0.638. The molecule has 3 aromatic rings. The largest absolute Gasteiger partial charge is 0.354 e. The highest BCUT2D eigenvalue weighted by Gasteiger charge is 2.20. The maximum Gasteiger partial charge on any atom is 0.268 e. The van der Waals surface area contributed by atoms with Crippen molar-refractivity contribution in [3.05, 3.63) is 81.8 Å². The molecule has 4 rings (SSSR count). The van der Waals surface area contributed by atoms with Crippen molar-refractivity contribution >= 4 is 17.5 Å². The highest BCUT2D eigenvalue weighted by Crippen LogP contribution is 2.23. The molecule has 0 aliphatic carbocycles. The molecule has 0 saturated carbocycles. The van der Waals surface area contributed by atoms with Crippen LogP contribution in [0.15, 0.2) is 42.6 Å². The molecule has 1 aliphatic heterocycles. The Labute approximate surface area is 176 Å². The Morgan fingerprint density at radius 3 is 2.57 bits per heavy atom. The molecule has 0 radical (unpaired) electrons. The lowest BCUT2D eigenvalue weighted by Gasteiger charge is -2.29. The van der Waals surface area contributed by atoms with Gasteiger partial charge in [-0.2, -0.15) is 0 Å². The molecule has 2 aromatic heterocycles. The first-order chi connectivity index (χ1) is 14.4. The molecule has 1 amide bonds. The lowest BCUT2D eigenvalue weighted by atomic mass is 10.00. The molecule has 0 spiro atoms. The Morgan fingerprint density at radius 1 is 1.13 bits per heavy atom. The van der Waals surface area contributed by atoms with Crippen LogP contribution in [0, 0.1) is 13.8 Å². The number of hydrogen-bond donors (Lipinski definition) is 2. The first-order valence-electron chi connectivity index (χ1n) is 10.2. The number of nitrogens with zero attached hydrogens (tertiary/aromatic N) is 2. The number of hydrogen-bond acceptors (Lipinski definition) is 4. The Morgan fingerprint density at radius 2 is 1.90 bits per heavy atom. The van der Waals surface area contributed by atoms with Crippen LogP contribution in [0.5, 0.6) is 0 Å². The van der Waals surface area contributed by atoms with Gasteiger partial charge >= 0.3 is 0 Å². The molecule has 0 fully saturated rings. The van der Waals surface area contributed by atoms with Crippen molar-refractivity contribution in [2.24, 2.45) is 0 Å². The van der Waals surface area contributed by atoms with Crippen LogP contribution in [-0.2, 0) is 19.5 Å². The van der Waals surface area contributed by atoms with E-state index in [-0.39, 0.29) is 11.7 Å². The van der Waals surface area contributed by atoms with Crippen molar-refractivity contribution in [2.75, 3.05) is 11.4 Å². The molecule has 6 heteroatoms. The first-order valence-corrected chi connectivity index (χ1v) is 10.2. The summed E-state index contributed by atoms with van der Waals surface area (Å²) < 4.78 is 0. The lowest BCUT2D eigenvalue weighted by molar-refractivity contribution is 0.0945. The highest BCUT2D eigenvalue weighted by atomic mass is 16.2. The fourth-order valence-electron chi connectivity index (χ4n) is 4.18. The molecular weight excluding hydrogens is 376 g/mol. The summed E-state index contributed by atoms with van der Waals surface area (Å²) in [5.41, 5.74) is 6.13. The molecule has 0 bridgehead atoms. The van der Waals surface area contributed by atoms with Crippen LogP contribution in [0.25, 0.3) is 0 Å². The van der Waals surface area contributed by atoms with Gasteiger partial charge in [0.1, 0.15) is 11.5 Å². The number of carbonyl (C=O) groups is 2. The number of rotatable bonds is 5. The number of pyridine rings is 1. The molecule has 1 aromatic carbocycles. The average Bonchev–Trinajstić information content (AvgIpc) is 3.06. The van der Waals surface area contributed by atoms with Crippen molar-refractivity contribution in [3.8, 4) is 0 Å². The van der Waals surface area contributed by atoms with Gasteiger partial charge in [0.25, 0.3) is 5.91 Å². The smallest absolute Gasteiger partial charge is 0.268 e. The second kappa shape index (κ2) is 8.14. The van der Waals surface area contributed by atoms with Gasteiger partial charge in [-0.15, -0.1) is 0 Å². The summed E-state index contributed by atoms with van der Waals surface area (Å²) in [6, 6.07) is 12.5.